The number of aliphatic hydroxyl groups excluding tert-OH is 1. The Morgan fingerprint density at radius 1 is 1.09 bits per heavy atom. The molecule has 0 atom stereocenters. The number of ether oxygens (including phenoxy) is 2. The number of nitrogens with zero attached hydrogens (tertiary/aromatic N) is 2. The number of carbonyl (C=O) groups excluding carboxylic acids is 2. The summed E-state index contributed by atoms with van der Waals surface area (Å²) in [6.45, 7) is 3.93. The lowest BCUT2D eigenvalue weighted by atomic mass is 10.1. The minimum Gasteiger partial charge on any atom is -0.506 e. The summed E-state index contributed by atoms with van der Waals surface area (Å²) in [5.74, 6) is -0.879. The van der Waals surface area contributed by atoms with Gasteiger partial charge in [0.2, 0.25) is 0 Å². The maximum Gasteiger partial charge on any atom is 0.344 e. The Morgan fingerprint density at radius 2 is 1.76 bits per heavy atom. The van der Waals surface area contributed by atoms with Crippen LogP contribution in [0.3, 0.4) is 0 Å². The maximum atomic E-state index is 12.7. The summed E-state index contributed by atoms with van der Waals surface area (Å²) in [7, 11) is 1.54. The summed E-state index contributed by atoms with van der Waals surface area (Å²) < 4.78 is 10.2. The van der Waals surface area contributed by atoms with Gasteiger partial charge in [0.05, 0.1) is 18.6 Å². The minimum atomic E-state index is -0.721. The van der Waals surface area contributed by atoms with Crippen molar-refractivity contribution >= 4 is 40.4 Å². The molecular formula is C26H26N2O5S. The summed E-state index contributed by atoms with van der Waals surface area (Å²) in [6.07, 6.45) is 4.18. The van der Waals surface area contributed by atoms with Crippen LogP contribution >= 0.6 is 11.8 Å². The van der Waals surface area contributed by atoms with Crippen molar-refractivity contribution in [3.63, 3.8) is 0 Å². The predicted octanol–water partition coefficient (Wildman–Crippen LogP) is 5.00. The van der Waals surface area contributed by atoms with Gasteiger partial charge in [0, 0.05) is 24.3 Å². The van der Waals surface area contributed by atoms with Gasteiger partial charge in [0.1, 0.15) is 22.1 Å². The van der Waals surface area contributed by atoms with E-state index in [0.717, 1.165) is 36.1 Å². The quantitative estimate of drug-likeness (QED) is 0.585. The third-order valence-electron chi connectivity index (χ3n) is 5.57. The van der Waals surface area contributed by atoms with Gasteiger partial charge in [-0.2, -0.15) is 0 Å². The van der Waals surface area contributed by atoms with E-state index in [4.69, 9.17) is 9.47 Å². The first-order valence-electron chi connectivity index (χ1n) is 11.1. The zero-order valence-corrected chi connectivity index (χ0v) is 19.9. The standard InChI is InChI=1S/C26H26N2O5S/c1-3-33-26(31)22-23(29)21(16-17-6-10-19(11-7-17)28-14-4-5-15-28)34-25(22)27-24(30)18-8-12-20(32-2)13-9-18/h6-13,16,29H,3-5,14-15H2,1-2H3. The van der Waals surface area contributed by atoms with Gasteiger partial charge < -0.3 is 19.5 Å². The van der Waals surface area contributed by atoms with E-state index in [1.54, 1.807) is 44.4 Å². The Kier molecular flexibility index (Phi) is 7.37. The summed E-state index contributed by atoms with van der Waals surface area (Å²) in [5, 5.41) is 10.9. The van der Waals surface area contributed by atoms with Gasteiger partial charge >= 0.3 is 5.97 Å². The highest BCUT2D eigenvalue weighted by atomic mass is 32.2. The van der Waals surface area contributed by atoms with Gasteiger partial charge in [-0.25, -0.2) is 9.79 Å². The number of methoxy groups -OCH3 is 1. The monoisotopic (exact) mass is 478 g/mol. The van der Waals surface area contributed by atoms with E-state index < -0.39 is 11.9 Å². The third kappa shape index (κ3) is 5.17. The van der Waals surface area contributed by atoms with Crippen LogP contribution in [-0.4, -0.2) is 48.8 Å². The number of hydrogen-bond acceptors (Lipinski definition) is 7. The minimum absolute atomic E-state index is 0.103. The van der Waals surface area contributed by atoms with Crippen LogP contribution in [0.25, 0.3) is 6.08 Å². The second-order valence-electron chi connectivity index (χ2n) is 7.79. The summed E-state index contributed by atoms with van der Waals surface area (Å²) in [5.41, 5.74) is 2.26. The normalized spacial score (nSPS) is 18.1. The van der Waals surface area contributed by atoms with E-state index >= 15 is 0 Å². The van der Waals surface area contributed by atoms with E-state index in [-0.39, 0.29) is 23.0 Å². The average molecular weight is 479 g/mol. The molecule has 0 bridgehead atoms. The number of anilines is 1. The topological polar surface area (TPSA) is 88.4 Å². The first-order valence-corrected chi connectivity index (χ1v) is 11.9. The Balaban J connectivity index is 1.62. The molecule has 0 aromatic heterocycles. The molecule has 2 aliphatic heterocycles. The highest BCUT2D eigenvalue weighted by molar-refractivity contribution is 8.18. The van der Waals surface area contributed by atoms with Crippen molar-refractivity contribution in [2.75, 3.05) is 31.7 Å². The molecule has 4 rings (SSSR count). The molecule has 1 N–H and O–H groups in total. The third-order valence-corrected chi connectivity index (χ3v) is 6.59. The predicted molar refractivity (Wildman–Crippen MR) is 135 cm³/mol. The Morgan fingerprint density at radius 3 is 2.38 bits per heavy atom. The molecule has 0 aliphatic carbocycles. The molecular weight excluding hydrogens is 452 g/mol. The van der Waals surface area contributed by atoms with Gasteiger partial charge in [0.25, 0.3) is 5.91 Å². The largest absolute Gasteiger partial charge is 0.506 e. The van der Waals surface area contributed by atoms with E-state index in [1.807, 2.05) is 24.3 Å². The SMILES string of the molecule is CCOC(=O)C1=C(O)C(=Cc2ccc(N3CCCC3)cc2)SC1=NC(=O)c1ccc(OC)cc1. The average Bonchev–Trinajstić information content (AvgIpc) is 3.48. The highest BCUT2D eigenvalue weighted by Gasteiger charge is 2.34. The summed E-state index contributed by atoms with van der Waals surface area (Å²) >= 11 is 1.07. The lowest BCUT2D eigenvalue weighted by Gasteiger charge is -2.17. The molecule has 2 aliphatic rings. The van der Waals surface area contributed by atoms with E-state index in [1.165, 1.54) is 12.8 Å². The van der Waals surface area contributed by atoms with Crippen LogP contribution in [0.5, 0.6) is 5.75 Å². The molecule has 1 amide bonds. The number of rotatable bonds is 6. The van der Waals surface area contributed by atoms with Crippen molar-refractivity contribution in [1.29, 1.82) is 0 Å². The number of hydrogen-bond donors (Lipinski definition) is 1. The molecule has 0 spiro atoms. The fourth-order valence-corrected chi connectivity index (χ4v) is 4.80. The molecule has 8 heteroatoms. The molecule has 2 heterocycles. The number of thioether (sulfide) groups is 1. The molecule has 1 fully saturated rings. The fraction of sp³-hybridized carbons (Fsp3) is 0.269. The van der Waals surface area contributed by atoms with Crippen LogP contribution in [0.2, 0.25) is 0 Å². The van der Waals surface area contributed by atoms with Crippen molar-refractivity contribution in [3.8, 4) is 5.75 Å². The molecule has 0 unspecified atom stereocenters. The fourth-order valence-electron chi connectivity index (χ4n) is 3.79. The molecule has 2 aromatic rings. The number of aliphatic imine (C=N–C) groups is 1. The second-order valence-corrected chi connectivity index (χ2v) is 8.82. The molecule has 2 aromatic carbocycles. The molecule has 1 saturated heterocycles. The van der Waals surface area contributed by atoms with E-state index in [0.29, 0.717) is 16.2 Å². The smallest absolute Gasteiger partial charge is 0.344 e. The van der Waals surface area contributed by atoms with Gasteiger partial charge in [-0.1, -0.05) is 23.9 Å². The molecule has 0 saturated carbocycles. The Bertz CT molecular complexity index is 1160. The Hall–Kier alpha value is -3.52. The van der Waals surface area contributed by atoms with Crippen molar-refractivity contribution in [1.82, 2.24) is 0 Å². The van der Waals surface area contributed by atoms with Gasteiger partial charge in [0.15, 0.2) is 0 Å². The van der Waals surface area contributed by atoms with Crippen molar-refractivity contribution in [2.45, 2.75) is 19.8 Å². The molecule has 0 radical (unpaired) electrons. The molecule has 34 heavy (non-hydrogen) atoms. The maximum absolute atomic E-state index is 12.7. The summed E-state index contributed by atoms with van der Waals surface area (Å²) in [6, 6.07) is 14.5. The van der Waals surface area contributed by atoms with Crippen LogP contribution in [-0.2, 0) is 9.53 Å². The Labute approximate surface area is 202 Å². The number of benzene rings is 2. The zero-order valence-electron chi connectivity index (χ0n) is 19.1. The van der Waals surface area contributed by atoms with Crippen LogP contribution < -0.4 is 9.64 Å². The zero-order chi connectivity index (χ0) is 24.1. The number of aliphatic hydroxyl groups is 1. The van der Waals surface area contributed by atoms with Crippen molar-refractivity contribution in [2.24, 2.45) is 4.99 Å². The number of carbonyl (C=O) groups is 2. The van der Waals surface area contributed by atoms with E-state index in [2.05, 4.69) is 9.89 Å². The first-order chi connectivity index (χ1) is 16.5. The van der Waals surface area contributed by atoms with Gasteiger partial charge in [-0.05, 0) is 67.8 Å². The lowest BCUT2D eigenvalue weighted by molar-refractivity contribution is -0.138. The molecule has 7 nitrogen and oxygen atoms in total. The van der Waals surface area contributed by atoms with Crippen LogP contribution in [0, 0.1) is 0 Å². The lowest BCUT2D eigenvalue weighted by Crippen LogP contribution is -2.17. The van der Waals surface area contributed by atoms with Crippen molar-refractivity contribution in [3.05, 3.63) is 75.9 Å². The molecule has 176 valence electrons. The van der Waals surface area contributed by atoms with Gasteiger partial charge in [-0.15, -0.1) is 0 Å². The first kappa shape index (κ1) is 23.6. The summed E-state index contributed by atoms with van der Waals surface area (Å²) in [4.78, 5) is 32.2. The van der Waals surface area contributed by atoms with E-state index in [9.17, 15) is 14.7 Å². The number of esters is 1. The van der Waals surface area contributed by atoms with Crippen LogP contribution in [0.15, 0.2) is 69.8 Å². The highest BCUT2D eigenvalue weighted by Crippen LogP contribution is 2.39. The number of amides is 1. The van der Waals surface area contributed by atoms with Crippen molar-refractivity contribution < 1.29 is 24.2 Å². The van der Waals surface area contributed by atoms with Crippen LogP contribution in [0.4, 0.5) is 5.69 Å². The van der Waals surface area contributed by atoms with Crippen LogP contribution in [0.1, 0.15) is 35.7 Å². The van der Waals surface area contributed by atoms with Gasteiger partial charge in [-0.3, -0.25) is 4.79 Å². The second kappa shape index (κ2) is 10.6.